The summed E-state index contributed by atoms with van der Waals surface area (Å²) in [5.41, 5.74) is 2.32. The summed E-state index contributed by atoms with van der Waals surface area (Å²) in [7, 11) is 0. The maximum absolute atomic E-state index is 12.3. The Hall–Kier alpha value is -2.23. The lowest BCUT2D eigenvalue weighted by atomic mass is 10.1. The van der Waals surface area contributed by atoms with Crippen LogP contribution in [-0.4, -0.2) is 23.5 Å². The second-order valence-electron chi connectivity index (χ2n) is 5.45. The molecule has 1 heterocycles. The average molecular weight is 284 g/mol. The predicted molar refractivity (Wildman–Crippen MR) is 80.9 cm³/mol. The fraction of sp³-hybridized carbons (Fsp3) is 0.353. The minimum absolute atomic E-state index is 0.00197. The van der Waals surface area contributed by atoms with Crippen molar-refractivity contribution in [1.29, 1.82) is 0 Å². The van der Waals surface area contributed by atoms with Crippen LogP contribution in [0.5, 0.6) is 0 Å². The largest absolute Gasteiger partial charge is 0.472 e. The maximum atomic E-state index is 12.3. The molecule has 2 aromatic rings. The van der Waals surface area contributed by atoms with Gasteiger partial charge < -0.3 is 14.6 Å². The van der Waals surface area contributed by atoms with Gasteiger partial charge in [-0.05, 0) is 25.0 Å². The molecule has 0 bridgehead atoms. The molecular weight excluding hydrogens is 264 g/mol. The lowest BCUT2D eigenvalue weighted by Crippen LogP contribution is -2.40. The number of carbonyl (C=O) groups is 1. The van der Waals surface area contributed by atoms with Crippen LogP contribution in [0.25, 0.3) is 0 Å². The normalized spacial score (nSPS) is 20.0. The van der Waals surface area contributed by atoms with Crippen molar-refractivity contribution >= 4 is 6.03 Å². The van der Waals surface area contributed by atoms with Crippen molar-refractivity contribution in [3.05, 3.63) is 60.1 Å². The fourth-order valence-corrected chi connectivity index (χ4v) is 2.60. The van der Waals surface area contributed by atoms with E-state index in [-0.39, 0.29) is 12.1 Å². The SMILES string of the molecule is CCN(Cc1ccoc1)C(=O)N[C@H]1C[C@H]1c1ccccc1. The van der Waals surface area contributed by atoms with E-state index in [4.69, 9.17) is 4.42 Å². The van der Waals surface area contributed by atoms with Gasteiger partial charge in [0.25, 0.3) is 0 Å². The Bertz CT molecular complexity index is 580. The summed E-state index contributed by atoms with van der Waals surface area (Å²) in [6.45, 7) is 3.25. The molecule has 2 amide bonds. The number of furan rings is 1. The number of hydrogen-bond acceptors (Lipinski definition) is 2. The number of nitrogens with zero attached hydrogens (tertiary/aromatic N) is 1. The van der Waals surface area contributed by atoms with Crippen LogP contribution in [0.2, 0.25) is 0 Å². The Morgan fingerprint density at radius 2 is 2.14 bits per heavy atom. The van der Waals surface area contributed by atoms with E-state index in [1.54, 1.807) is 17.4 Å². The highest BCUT2D eigenvalue weighted by Gasteiger charge is 2.39. The van der Waals surface area contributed by atoms with E-state index in [0.717, 1.165) is 12.0 Å². The van der Waals surface area contributed by atoms with E-state index in [1.807, 2.05) is 31.2 Å². The number of urea groups is 1. The summed E-state index contributed by atoms with van der Waals surface area (Å²) < 4.78 is 5.05. The van der Waals surface area contributed by atoms with Crippen LogP contribution < -0.4 is 5.32 Å². The minimum atomic E-state index is 0.00197. The van der Waals surface area contributed by atoms with Gasteiger partial charge in [0.05, 0.1) is 19.1 Å². The second kappa shape index (κ2) is 6.04. The number of nitrogens with one attached hydrogen (secondary N) is 1. The van der Waals surface area contributed by atoms with Crippen LogP contribution in [-0.2, 0) is 6.54 Å². The highest BCUT2D eigenvalue weighted by molar-refractivity contribution is 5.75. The van der Waals surface area contributed by atoms with E-state index in [9.17, 15) is 4.79 Å². The monoisotopic (exact) mass is 284 g/mol. The highest BCUT2D eigenvalue weighted by Crippen LogP contribution is 2.40. The zero-order chi connectivity index (χ0) is 14.7. The first kappa shape index (κ1) is 13.7. The fourth-order valence-electron chi connectivity index (χ4n) is 2.60. The van der Waals surface area contributed by atoms with Gasteiger partial charge in [0, 0.05) is 24.1 Å². The van der Waals surface area contributed by atoms with Crippen LogP contribution in [0.4, 0.5) is 4.79 Å². The molecule has 110 valence electrons. The molecular formula is C17H20N2O2. The number of hydrogen-bond donors (Lipinski definition) is 1. The number of carbonyl (C=O) groups excluding carboxylic acids is 1. The lowest BCUT2D eigenvalue weighted by Gasteiger charge is -2.20. The van der Waals surface area contributed by atoms with Gasteiger partial charge in [-0.15, -0.1) is 0 Å². The van der Waals surface area contributed by atoms with Crippen molar-refractivity contribution in [3.63, 3.8) is 0 Å². The van der Waals surface area contributed by atoms with Gasteiger partial charge in [0.2, 0.25) is 0 Å². The summed E-state index contributed by atoms with van der Waals surface area (Å²) in [6.07, 6.45) is 4.34. The summed E-state index contributed by atoms with van der Waals surface area (Å²) in [5.74, 6) is 0.461. The Morgan fingerprint density at radius 3 is 2.81 bits per heavy atom. The predicted octanol–water partition coefficient (Wildman–Crippen LogP) is 3.37. The van der Waals surface area contributed by atoms with Gasteiger partial charge in [0.1, 0.15) is 0 Å². The van der Waals surface area contributed by atoms with Gasteiger partial charge in [-0.25, -0.2) is 4.79 Å². The second-order valence-corrected chi connectivity index (χ2v) is 5.45. The van der Waals surface area contributed by atoms with Crippen LogP contribution in [0.15, 0.2) is 53.3 Å². The van der Waals surface area contributed by atoms with Crippen LogP contribution in [0.3, 0.4) is 0 Å². The topological polar surface area (TPSA) is 45.5 Å². The first-order chi connectivity index (χ1) is 10.3. The zero-order valence-corrected chi connectivity index (χ0v) is 12.2. The Morgan fingerprint density at radius 1 is 1.33 bits per heavy atom. The molecule has 1 saturated carbocycles. The van der Waals surface area contributed by atoms with Crippen molar-refractivity contribution in [2.45, 2.75) is 31.8 Å². The minimum Gasteiger partial charge on any atom is -0.472 e. The molecule has 1 aromatic carbocycles. The average Bonchev–Trinajstić information content (AvgIpc) is 3.08. The van der Waals surface area contributed by atoms with Crippen LogP contribution in [0.1, 0.15) is 30.4 Å². The molecule has 0 spiro atoms. The molecule has 2 atom stereocenters. The Kier molecular flexibility index (Phi) is 3.95. The van der Waals surface area contributed by atoms with E-state index in [1.165, 1.54) is 5.56 Å². The third-order valence-electron chi connectivity index (χ3n) is 3.95. The summed E-state index contributed by atoms with van der Waals surface area (Å²) in [5, 5.41) is 3.12. The molecule has 1 aromatic heterocycles. The Labute approximate surface area is 124 Å². The number of rotatable bonds is 5. The van der Waals surface area contributed by atoms with Gasteiger partial charge in [0.15, 0.2) is 0 Å². The molecule has 4 heteroatoms. The number of amides is 2. The van der Waals surface area contributed by atoms with E-state index < -0.39 is 0 Å². The molecule has 21 heavy (non-hydrogen) atoms. The molecule has 1 aliphatic rings. The molecule has 0 aliphatic heterocycles. The van der Waals surface area contributed by atoms with Crippen LogP contribution >= 0.6 is 0 Å². The molecule has 0 saturated heterocycles. The van der Waals surface area contributed by atoms with Crippen molar-refractivity contribution in [1.82, 2.24) is 10.2 Å². The van der Waals surface area contributed by atoms with Crippen molar-refractivity contribution < 1.29 is 9.21 Å². The van der Waals surface area contributed by atoms with Gasteiger partial charge >= 0.3 is 6.03 Å². The van der Waals surface area contributed by atoms with Crippen molar-refractivity contribution in [3.8, 4) is 0 Å². The molecule has 1 fully saturated rings. The van der Waals surface area contributed by atoms with Crippen LogP contribution in [0, 0.1) is 0 Å². The first-order valence-electron chi connectivity index (χ1n) is 7.39. The molecule has 0 unspecified atom stereocenters. The molecule has 4 nitrogen and oxygen atoms in total. The third kappa shape index (κ3) is 3.27. The third-order valence-corrected chi connectivity index (χ3v) is 3.95. The smallest absolute Gasteiger partial charge is 0.317 e. The maximum Gasteiger partial charge on any atom is 0.317 e. The summed E-state index contributed by atoms with van der Waals surface area (Å²) in [6, 6.07) is 12.5. The lowest BCUT2D eigenvalue weighted by molar-refractivity contribution is 0.197. The highest BCUT2D eigenvalue weighted by atomic mass is 16.3. The standard InChI is InChI=1S/C17H20N2O2/c1-2-19(11-13-8-9-21-12-13)17(20)18-16-10-15(16)14-6-4-3-5-7-14/h3-9,12,15-16H,2,10-11H2,1H3,(H,18,20)/t15-,16-/m0/s1. The first-order valence-corrected chi connectivity index (χ1v) is 7.39. The van der Waals surface area contributed by atoms with Gasteiger partial charge in [-0.2, -0.15) is 0 Å². The summed E-state index contributed by atoms with van der Waals surface area (Å²) >= 11 is 0. The van der Waals surface area contributed by atoms with Gasteiger partial charge in [-0.3, -0.25) is 0 Å². The van der Waals surface area contributed by atoms with Crippen molar-refractivity contribution in [2.75, 3.05) is 6.54 Å². The van der Waals surface area contributed by atoms with E-state index in [2.05, 4.69) is 17.4 Å². The molecule has 0 radical (unpaired) electrons. The van der Waals surface area contributed by atoms with Crippen molar-refractivity contribution in [2.24, 2.45) is 0 Å². The quantitative estimate of drug-likeness (QED) is 0.915. The molecule has 1 aliphatic carbocycles. The van der Waals surface area contributed by atoms with Gasteiger partial charge in [-0.1, -0.05) is 30.3 Å². The Balaban J connectivity index is 1.54. The zero-order valence-electron chi connectivity index (χ0n) is 12.2. The van der Waals surface area contributed by atoms with E-state index >= 15 is 0 Å². The summed E-state index contributed by atoms with van der Waals surface area (Å²) in [4.78, 5) is 14.1. The van der Waals surface area contributed by atoms with E-state index in [0.29, 0.717) is 19.0 Å². The molecule has 3 rings (SSSR count). The number of benzene rings is 1. The molecule has 1 N–H and O–H groups in total.